The van der Waals surface area contributed by atoms with Crippen molar-refractivity contribution in [3.63, 3.8) is 0 Å². The lowest BCUT2D eigenvalue weighted by atomic mass is 9.93. The van der Waals surface area contributed by atoms with E-state index in [0.29, 0.717) is 28.5 Å². The van der Waals surface area contributed by atoms with Gasteiger partial charge in [0.25, 0.3) is 5.56 Å². The second-order valence-corrected chi connectivity index (χ2v) is 9.77. The van der Waals surface area contributed by atoms with E-state index in [4.69, 9.17) is 9.47 Å². The van der Waals surface area contributed by atoms with Crippen LogP contribution in [0, 0.1) is 5.92 Å². The van der Waals surface area contributed by atoms with E-state index in [9.17, 15) is 4.79 Å². The number of benzene rings is 1. The molecule has 0 radical (unpaired) electrons. The molecule has 0 unspecified atom stereocenters. The standard InChI is InChI=1S/C25H34N6O3/c1-16-8-7-11-30(15-16)23(24-27-28-29-31(24)18-9-5-4-6-10-18)19-12-17-13-21(33-2)22(34-3)14-20(17)26-25(19)32/h12-14,16,18,23H,4-11,15H2,1-3H3,(H,26,32)/t16-,23+/m1/s1. The zero-order valence-electron chi connectivity index (χ0n) is 20.3. The summed E-state index contributed by atoms with van der Waals surface area (Å²) in [5.74, 6) is 2.54. The number of piperidine rings is 1. The lowest BCUT2D eigenvalue weighted by molar-refractivity contribution is 0.138. The van der Waals surface area contributed by atoms with Crippen molar-refractivity contribution in [1.82, 2.24) is 30.1 Å². The molecule has 9 nitrogen and oxygen atoms in total. The summed E-state index contributed by atoms with van der Waals surface area (Å²) in [6, 6.07) is 5.67. The minimum Gasteiger partial charge on any atom is -0.493 e. The fourth-order valence-corrected chi connectivity index (χ4v) is 5.68. The van der Waals surface area contributed by atoms with E-state index < -0.39 is 0 Å². The van der Waals surface area contributed by atoms with Gasteiger partial charge >= 0.3 is 0 Å². The van der Waals surface area contributed by atoms with Gasteiger partial charge in [-0.2, -0.15) is 0 Å². The van der Waals surface area contributed by atoms with Crippen molar-refractivity contribution < 1.29 is 9.47 Å². The van der Waals surface area contributed by atoms with Gasteiger partial charge in [0, 0.05) is 23.6 Å². The van der Waals surface area contributed by atoms with E-state index in [-0.39, 0.29) is 17.6 Å². The molecule has 0 amide bonds. The number of ether oxygens (including phenoxy) is 2. The number of aromatic nitrogens is 5. The highest BCUT2D eigenvalue weighted by molar-refractivity contribution is 5.83. The number of fused-ring (bicyclic) bond motifs is 1. The Morgan fingerprint density at radius 1 is 1.03 bits per heavy atom. The minimum absolute atomic E-state index is 0.124. The molecule has 2 aliphatic rings. The Hall–Kier alpha value is -2.94. The minimum atomic E-state index is -0.305. The summed E-state index contributed by atoms with van der Waals surface area (Å²) in [5, 5.41) is 13.9. The predicted octanol–water partition coefficient (Wildman–Crippen LogP) is 3.86. The van der Waals surface area contributed by atoms with Crippen LogP contribution in [0.5, 0.6) is 11.5 Å². The molecule has 1 saturated heterocycles. The summed E-state index contributed by atoms with van der Waals surface area (Å²) in [5.41, 5.74) is 1.26. The van der Waals surface area contributed by atoms with Gasteiger partial charge in [0.05, 0.1) is 25.8 Å². The molecule has 34 heavy (non-hydrogen) atoms. The van der Waals surface area contributed by atoms with Gasteiger partial charge in [-0.1, -0.05) is 26.2 Å². The Balaban J connectivity index is 1.65. The van der Waals surface area contributed by atoms with Crippen LogP contribution in [0.1, 0.15) is 75.3 Å². The number of aromatic amines is 1. The first-order valence-corrected chi connectivity index (χ1v) is 12.4. The summed E-state index contributed by atoms with van der Waals surface area (Å²) in [6.45, 7) is 4.09. The number of likely N-dealkylation sites (tertiary alicyclic amines) is 1. The van der Waals surface area contributed by atoms with Gasteiger partial charge in [-0.15, -0.1) is 5.10 Å². The summed E-state index contributed by atoms with van der Waals surface area (Å²) < 4.78 is 12.9. The summed E-state index contributed by atoms with van der Waals surface area (Å²) in [7, 11) is 3.21. The molecule has 3 heterocycles. The average Bonchev–Trinajstić information content (AvgIpc) is 3.34. The zero-order valence-corrected chi connectivity index (χ0v) is 20.3. The largest absolute Gasteiger partial charge is 0.493 e. The third-order valence-corrected chi connectivity index (χ3v) is 7.41. The fraction of sp³-hybridized carbons (Fsp3) is 0.600. The van der Waals surface area contributed by atoms with Crippen molar-refractivity contribution in [1.29, 1.82) is 0 Å². The van der Waals surface area contributed by atoms with E-state index in [1.165, 1.54) is 25.7 Å². The van der Waals surface area contributed by atoms with Gasteiger partial charge in [-0.25, -0.2) is 4.68 Å². The van der Waals surface area contributed by atoms with Crippen LogP contribution in [0.2, 0.25) is 0 Å². The molecule has 3 aromatic rings. The van der Waals surface area contributed by atoms with E-state index in [1.807, 2.05) is 22.9 Å². The summed E-state index contributed by atoms with van der Waals surface area (Å²) in [4.78, 5) is 19.0. The van der Waals surface area contributed by atoms with E-state index in [0.717, 1.165) is 43.6 Å². The molecule has 1 aromatic carbocycles. The van der Waals surface area contributed by atoms with Crippen molar-refractivity contribution in [3.8, 4) is 11.5 Å². The van der Waals surface area contributed by atoms with Crippen LogP contribution in [0.25, 0.3) is 10.9 Å². The van der Waals surface area contributed by atoms with Crippen molar-refractivity contribution in [2.24, 2.45) is 5.92 Å². The number of nitrogens with zero attached hydrogens (tertiary/aromatic N) is 5. The van der Waals surface area contributed by atoms with Gasteiger partial charge in [-0.05, 0) is 60.7 Å². The second kappa shape index (κ2) is 9.74. The smallest absolute Gasteiger partial charge is 0.253 e. The second-order valence-electron chi connectivity index (χ2n) is 9.77. The predicted molar refractivity (Wildman–Crippen MR) is 129 cm³/mol. The third-order valence-electron chi connectivity index (χ3n) is 7.41. The van der Waals surface area contributed by atoms with Crippen LogP contribution in [-0.4, -0.2) is 57.4 Å². The highest BCUT2D eigenvalue weighted by Gasteiger charge is 2.34. The molecule has 1 saturated carbocycles. The SMILES string of the molecule is COc1cc2cc([C@@H](c3nnnn3C3CCCCC3)N3CCC[C@@H](C)C3)c(=O)[nH]c2cc1OC. The lowest BCUT2D eigenvalue weighted by Gasteiger charge is -2.37. The number of tetrazole rings is 1. The summed E-state index contributed by atoms with van der Waals surface area (Å²) in [6.07, 6.45) is 8.08. The first-order valence-electron chi connectivity index (χ1n) is 12.4. The van der Waals surface area contributed by atoms with Crippen LogP contribution < -0.4 is 15.0 Å². The van der Waals surface area contributed by atoms with Crippen molar-refractivity contribution in [2.75, 3.05) is 27.3 Å². The van der Waals surface area contributed by atoms with Gasteiger partial charge in [0.2, 0.25) is 0 Å². The number of rotatable bonds is 6. The number of nitrogens with one attached hydrogen (secondary N) is 1. The average molecular weight is 467 g/mol. The van der Waals surface area contributed by atoms with Crippen LogP contribution in [-0.2, 0) is 0 Å². The molecule has 9 heteroatoms. The van der Waals surface area contributed by atoms with Crippen LogP contribution in [0.15, 0.2) is 23.0 Å². The normalized spacial score (nSPS) is 21.0. The van der Waals surface area contributed by atoms with Crippen LogP contribution in [0.3, 0.4) is 0 Å². The van der Waals surface area contributed by atoms with Crippen molar-refractivity contribution >= 4 is 10.9 Å². The van der Waals surface area contributed by atoms with Gasteiger partial charge in [-0.3, -0.25) is 9.69 Å². The molecular weight excluding hydrogens is 432 g/mol. The molecular formula is C25H34N6O3. The molecule has 5 rings (SSSR count). The third kappa shape index (κ3) is 4.29. The first kappa shape index (κ1) is 22.8. The summed E-state index contributed by atoms with van der Waals surface area (Å²) >= 11 is 0. The maximum atomic E-state index is 13.5. The molecule has 1 aliphatic heterocycles. The topological polar surface area (TPSA) is 98.2 Å². The van der Waals surface area contributed by atoms with Crippen molar-refractivity contribution in [2.45, 2.75) is 64.0 Å². The van der Waals surface area contributed by atoms with E-state index in [1.54, 1.807) is 14.2 Å². The van der Waals surface area contributed by atoms with Gasteiger partial charge < -0.3 is 14.5 Å². The zero-order chi connectivity index (χ0) is 23.7. The Morgan fingerprint density at radius 3 is 2.53 bits per heavy atom. The number of pyridine rings is 1. The lowest BCUT2D eigenvalue weighted by Crippen LogP contribution is -2.41. The molecule has 0 bridgehead atoms. The maximum Gasteiger partial charge on any atom is 0.253 e. The van der Waals surface area contributed by atoms with E-state index in [2.05, 4.69) is 32.3 Å². The molecule has 1 aliphatic carbocycles. The molecule has 2 fully saturated rings. The monoisotopic (exact) mass is 466 g/mol. The Labute approximate surface area is 199 Å². The molecule has 0 spiro atoms. The Bertz CT molecular complexity index is 1200. The number of hydrogen-bond donors (Lipinski definition) is 1. The quantitative estimate of drug-likeness (QED) is 0.589. The molecule has 2 aromatic heterocycles. The molecule has 182 valence electrons. The maximum absolute atomic E-state index is 13.5. The fourth-order valence-electron chi connectivity index (χ4n) is 5.68. The Morgan fingerprint density at radius 2 is 1.79 bits per heavy atom. The van der Waals surface area contributed by atoms with E-state index >= 15 is 0 Å². The van der Waals surface area contributed by atoms with Crippen molar-refractivity contribution in [3.05, 3.63) is 39.9 Å². The number of H-pyrrole nitrogens is 1. The highest BCUT2D eigenvalue weighted by Crippen LogP contribution is 2.36. The van der Waals surface area contributed by atoms with Crippen LogP contribution >= 0.6 is 0 Å². The van der Waals surface area contributed by atoms with Crippen LogP contribution in [0.4, 0.5) is 0 Å². The molecule has 1 N–H and O–H groups in total. The number of methoxy groups -OCH3 is 2. The highest BCUT2D eigenvalue weighted by atomic mass is 16.5. The molecule has 2 atom stereocenters. The van der Waals surface area contributed by atoms with Gasteiger partial charge in [0.1, 0.15) is 6.04 Å². The van der Waals surface area contributed by atoms with Gasteiger partial charge in [0.15, 0.2) is 17.3 Å². The Kier molecular flexibility index (Phi) is 6.54. The number of hydrogen-bond acceptors (Lipinski definition) is 7. The first-order chi connectivity index (χ1) is 16.6.